The highest BCUT2D eigenvalue weighted by Gasteiger charge is 2.20. The molecule has 2 rings (SSSR count). The SMILES string of the molecule is CC(C)CC(CNC(=O)Cc1noc2ccccc12)C(=O)O. The summed E-state index contributed by atoms with van der Waals surface area (Å²) in [5, 5.41) is 16.5. The minimum atomic E-state index is -0.888. The molecule has 6 nitrogen and oxygen atoms in total. The van der Waals surface area contributed by atoms with E-state index in [9.17, 15) is 9.59 Å². The largest absolute Gasteiger partial charge is 0.481 e. The summed E-state index contributed by atoms with van der Waals surface area (Å²) in [6, 6.07) is 7.31. The van der Waals surface area contributed by atoms with E-state index < -0.39 is 11.9 Å². The first-order valence-corrected chi connectivity index (χ1v) is 7.30. The van der Waals surface area contributed by atoms with E-state index in [0.717, 1.165) is 5.39 Å². The molecule has 1 aromatic carbocycles. The maximum absolute atomic E-state index is 12.0. The smallest absolute Gasteiger partial charge is 0.308 e. The topological polar surface area (TPSA) is 92.4 Å². The lowest BCUT2D eigenvalue weighted by molar-refractivity contribution is -0.142. The van der Waals surface area contributed by atoms with Gasteiger partial charge in [-0.05, 0) is 24.5 Å². The molecule has 0 aliphatic carbocycles. The van der Waals surface area contributed by atoms with Gasteiger partial charge < -0.3 is 14.9 Å². The lowest BCUT2D eigenvalue weighted by Crippen LogP contribution is -2.34. The van der Waals surface area contributed by atoms with Crippen molar-refractivity contribution >= 4 is 22.8 Å². The van der Waals surface area contributed by atoms with Crippen molar-refractivity contribution in [3.8, 4) is 0 Å². The Morgan fingerprint density at radius 1 is 1.32 bits per heavy atom. The van der Waals surface area contributed by atoms with Gasteiger partial charge in [-0.1, -0.05) is 31.1 Å². The molecule has 22 heavy (non-hydrogen) atoms. The third-order valence-corrected chi connectivity index (χ3v) is 3.43. The number of nitrogens with zero attached hydrogens (tertiary/aromatic N) is 1. The molecule has 6 heteroatoms. The minimum Gasteiger partial charge on any atom is -0.481 e. The van der Waals surface area contributed by atoms with Crippen LogP contribution in [0.15, 0.2) is 28.8 Å². The van der Waals surface area contributed by atoms with Crippen LogP contribution in [-0.2, 0) is 16.0 Å². The number of carbonyl (C=O) groups excluding carboxylic acids is 1. The molecule has 0 radical (unpaired) electrons. The molecule has 1 amide bonds. The number of hydrogen-bond donors (Lipinski definition) is 2. The average Bonchev–Trinajstić information content (AvgIpc) is 2.86. The Hall–Kier alpha value is -2.37. The molecule has 0 aliphatic heterocycles. The lowest BCUT2D eigenvalue weighted by atomic mass is 9.97. The summed E-state index contributed by atoms with van der Waals surface area (Å²) in [4.78, 5) is 23.1. The van der Waals surface area contributed by atoms with Crippen LogP contribution in [0.1, 0.15) is 26.0 Å². The van der Waals surface area contributed by atoms with E-state index >= 15 is 0 Å². The summed E-state index contributed by atoms with van der Waals surface area (Å²) < 4.78 is 5.14. The number of nitrogens with one attached hydrogen (secondary N) is 1. The van der Waals surface area contributed by atoms with Crippen LogP contribution < -0.4 is 5.32 Å². The number of amides is 1. The van der Waals surface area contributed by atoms with Crippen LogP contribution in [0.3, 0.4) is 0 Å². The Balaban J connectivity index is 1.94. The van der Waals surface area contributed by atoms with E-state index in [4.69, 9.17) is 9.63 Å². The van der Waals surface area contributed by atoms with Gasteiger partial charge in [0.2, 0.25) is 5.91 Å². The first kappa shape index (κ1) is 16.0. The van der Waals surface area contributed by atoms with E-state index in [1.807, 2.05) is 32.0 Å². The van der Waals surface area contributed by atoms with Gasteiger partial charge in [0.1, 0.15) is 5.69 Å². The van der Waals surface area contributed by atoms with E-state index in [1.54, 1.807) is 6.07 Å². The highest BCUT2D eigenvalue weighted by molar-refractivity contribution is 5.86. The normalized spacial score (nSPS) is 12.5. The zero-order chi connectivity index (χ0) is 16.1. The van der Waals surface area contributed by atoms with E-state index in [0.29, 0.717) is 17.7 Å². The number of aliphatic carboxylic acids is 1. The van der Waals surface area contributed by atoms with Crippen molar-refractivity contribution in [3.05, 3.63) is 30.0 Å². The molecule has 0 fully saturated rings. The Kier molecular flexibility index (Phi) is 5.14. The summed E-state index contributed by atoms with van der Waals surface area (Å²) in [5.41, 5.74) is 1.19. The van der Waals surface area contributed by atoms with Crippen LogP contribution in [-0.4, -0.2) is 28.7 Å². The number of fused-ring (bicyclic) bond motifs is 1. The molecule has 1 heterocycles. The van der Waals surface area contributed by atoms with Crippen molar-refractivity contribution in [3.63, 3.8) is 0 Å². The van der Waals surface area contributed by atoms with Crippen molar-refractivity contribution in [1.82, 2.24) is 10.5 Å². The van der Waals surface area contributed by atoms with Crippen molar-refractivity contribution in [1.29, 1.82) is 0 Å². The third kappa shape index (κ3) is 4.07. The molecule has 2 N–H and O–H groups in total. The molecule has 0 saturated heterocycles. The number of aromatic nitrogens is 1. The minimum absolute atomic E-state index is 0.0744. The molecular formula is C16H20N2O4. The first-order chi connectivity index (χ1) is 10.5. The van der Waals surface area contributed by atoms with Gasteiger partial charge in [0.15, 0.2) is 5.58 Å². The monoisotopic (exact) mass is 304 g/mol. The highest BCUT2D eigenvalue weighted by atomic mass is 16.5. The first-order valence-electron chi connectivity index (χ1n) is 7.30. The molecule has 1 atom stereocenters. The molecule has 0 aliphatic rings. The summed E-state index contributed by atoms with van der Waals surface area (Å²) in [6.07, 6.45) is 0.605. The third-order valence-electron chi connectivity index (χ3n) is 3.43. The standard InChI is InChI=1S/C16H20N2O4/c1-10(2)7-11(16(20)21)9-17-15(19)8-13-12-5-3-4-6-14(12)22-18-13/h3-6,10-11H,7-9H2,1-2H3,(H,17,19)(H,20,21). The number of rotatable bonds is 7. The number of carboxylic acids is 1. The Morgan fingerprint density at radius 3 is 2.73 bits per heavy atom. The molecule has 2 aromatic rings. The molecule has 0 spiro atoms. The van der Waals surface area contributed by atoms with Crippen LogP contribution in [0.2, 0.25) is 0 Å². The van der Waals surface area contributed by atoms with Crippen LogP contribution >= 0.6 is 0 Å². The fourth-order valence-electron chi connectivity index (χ4n) is 2.36. The van der Waals surface area contributed by atoms with Gasteiger partial charge in [0.25, 0.3) is 0 Å². The second kappa shape index (κ2) is 7.06. The molecule has 1 unspecified atom stereocenters. The van der Waals surface area contributed by atoms with Gasteiger partial charge in [-0.3, -0.25) is 9.59 Å². The second-order valence-corrected chi connectivity index (χ2v) is 5.77. The van der Waals surface area contributed by atoms with Crippen LogP contribution in [0.5, 0.6) is 0 Å². The van der Waals surface area contributed by atoms with Crippen LogP contribution in [0, 0.1) is 11.8 Å². The zero-order valence-electron chi connectivity index (χ0n) is 12.7. The van der Waals surface area contributed by atoms with Gasteiger partial charge in [-0.15, -0.1) is 0 Å². The zero-order valence-corrected chi connectivity index (χ0v) is 12.7. The Morgan fingerprint density at radius 2 is 2.05 bits per heavy atom. The average molecular weight is 304 g/mol. The van der Waals surface area contributed by atoms with Gasteiger partial charge in [-0.25, -0.2) is 0 Å². The Labute approximate surface area is 128 Å². The van der Waals surface area contributed by atoms with Crippen LogP contribution in [0.4, 0.5) is 0 Å². The molecule has 118 valence electrons. The van der Waals surface area contributed by atoms with Gasteiger partial charge in [0.05, 0.1) is 12.3 Å². The predicted molar refractivity (Wildman–Crippen MR) is 81.3 cm³/mol. The van der Waals surface area contributed by atoms with Crippen molar-refractivity contribution in [2.45, 2.75) is 26.7 Å². The highest BCUT2D eigenvalue weighted by Crippen LogP contribution is 2.18. The second-order valence-electron chi connectivity index (χ2n) is 5.77. The molecule has 0 saturated carbocycles. The number of benzene rings is 1. The van der Waals surface area contributed by atoms with E-state index in [2.05, 4.69) is 10.5 Å². The summed E-state index contributed by atoms with van der Waals surface area (Å²) in [7, 11) is 0. The van der Waals surface area contributed by atoms with Crippen molar-refractivity contribution in [2.75, 3.05) is 6.54 Å². The summed E-state index contributed by atoms with van der Waals surface area (Å²) in [6.45, 7) is 4.04. The van der Waals surface area contributed by atoms with Crippen LogP contribution in [0.25, 0.3) is 11.0 Å². The summed E-state index contributed by atoms with van der Waals surface area (Å²) in [5.74, 6) is -1.45. The van der Waals surface area contributed by atoms with E-state index in [-0.39, 0.29) is 24.8 Å². The Bertz CT molecular complexity index is 663. The van der Waals surface area contributed by atoms with Gasteiger partial charge in [0, 0.05) is 11.9 Å². The van der Waals surface area contributed by atoms with E-state index in [1.165, 1.54) is 0 Å². The van der Waals surface area contributed by atoms with Gasteiger partial charge >= 0.3 is 5.97 Å². The molecular weight excluding hydrogens is 284 g/mol. The number of carboxylic acid groups (broad SMARTS) is 1. The number of para-hydroxylation sites is 1. The predicted octanol–water partition coefficient (Wildman–Crippen LogP) is 2.23. The lowest BCUT2D eigenvalue weighted by Gasteiger charge is -2.15. The summed E-state index contributed by atoms with van der Waals surface area (Å²) >= 11 is 0. The molecule has 0 bridgehead atoms. The quantitative estimate of drug-likeness (QED) is 0.818. The maximum atomic E-state index is 12.0. The maximum Gasteiger partial charge on any atom is 0.308 e. The fraction of sp³-hybridized carbons (Fsp3) is 0.438. The van der Waals surface area contributed by atoms with Crippen molar-refractivity contribution in [2.24, 2.45) is 11.8 Å². The van der Waals surface area contributed by atoms with Gasteiger partial charge in [-0.2, -0.15) is 0 Å². The molecule has 1 aromatic heterocycles. The fourth-order valence-corrected chi connectivity index (χ4v) is 2.36. The van der Waals surface area contributed by atoms with Crippen molar-refractivity contribution < 1.29 is 19.2 Å². The number of hydrogen-bond acceptors (Lipinski definition) is 4. The number of carbonyl (C=O) groups is 2.